The molecule has 0 saturated heterocycles. The van der Waals surface area contributed by atoms with E-state index in [9.17, 15) is 4.79 Å². The summed E-state index contributed by atoms with van der Waals surface area (Å²) in [4.78, 5) is 14.5. The molecule has 1 aromatic heterocycles. The van der Waals surface area contributed by atoms with Crippen LogP contribution < -0.4 is 0 Å². The van der Waals surface area contributed by atoms with Crippen LogP contribution in [0.5, 0.6) is 0 Å². The number of thioether (sulfide) groups is 1. The SMILES string of the molecule is CCN(C(=O)CSc1nnc(C2CC2)n1Cc1ccccc1)C1CC1. The minimum atomic E-state index is 0.220. The van der Waals surface area contributed by atoms with Gasteiger partial charge in [-0.2, -0.15) is 0 Å². The fourth-order valence-electron chi connectivity index (χ4n) is 3.20. The van der Waals surface area contributed by atoms with E-state index < -0.39 is 0 Å². The molecule has 2 fully saturated rings. The molecule has 4 rings (SSSR count). The van der Waals surface area contributed by atoms with Crippen molar-refractivity contribution in [2.45, 2.75) is 56.3 Å². The largest absolute Gasteiger partial charge is 0.339 e. The number of rotatable bonds is 8. The molecule has 25 heavy (non-hydrogen) atoms. The fraction of sp³-hybridized carbons (Fsp3) is 0.526. The number of nitrogens with zero attached hydrogens (tertiary/aromatic N) is 4. The molecule has 0 aliphatic heterocycles. The first-order chi connectivity index (χ1) is 12.3. The summed E-state index contributed by atoms with van der Waals surface area (Å²) in [5.41, 5.74) is 1.24. The van der Waals surface area contributed by atoms with Crippen molar-refractivity contribution in [3.63, 3.8) is 0 Å². The van der Waals surface area contributed by atoms with Crippen molar-refractivity contribution in [3.8, 4) is 0 Å². The van der Waals surface area contributed by atoms with E-state index in [1.165, 1.54) is 30.2 Å². The van der Waals surface area contributed by atoms with Crippen LogP contribution >= 0.6 is 11.8 Å². The van der Waals surface area contributed by atoms with Crippen molar-refractivity contribution in [3.05, 3.63) is 41.7 Å². The van der Waals surface area contributed by atoms with Crippen LogP contribution in [0.15, 0.2) is 35.5 Å². The maximum atomic E-state index is 12.5. The summed E-state index contributed by atoms with van der Waals surface area (Å²) in [6.07, 6.45) is 4.70. The minimum absolute atomic E-state index is 0.220. The summed E-state index contributed by atoms with van der Waals surface area (Å²) in [6, 6.07) is 10.9. The summed E-state index contributed by atoms with van der Waals surface area (Å²) < 4.78 is 2.21. The van der Waals surface area contributed by atoms with Gasteiger partial charge in [0.15, 0.2) is 5.16 Å². The first-order valence-electron chi connectivity index (χ1n) is 9.15. The van der Waals surface area contributed by atoms with Crippen molar-refractivity contribution in [1.82, 2.24) is 19.7 Å². The first-order valence-corrected chi connectivity index (χ1v) is 10.1. The molecule has 0 N–H and O–H groups in total. The Morgan fingerprint density at radius 3 is 2.60 bits per heavy atom. The zero-order valence-electron chi connectivity index (χ0n) is 14.6. The quantitative estimate of drug-likeness (QED) is 0.681. The third-order valence-electron chi connectivity index (χ3n) is 4.84. The maximum Gasteiger partial charge on any atom is 0.233 e. The Kier molecular flexibility index (Phi) is 4.79. The minimum Gasteiger partial charge on any atom is -0.339 e. The lowest BCUT2D eigenvalue weighted by Gasteiger charge is -2.20. The van der Waals surface area contributed by atoms with Crippen LogP contribution in [0.4, 0.5) is 0 Å². The number of hydrogen-bond acceptors (Lipinski definition) is 4. The molecular formula is C19H24N4OS. The summed E-state index contributed by atoms with van der Waals surface area (Å²) in [7, 11) is 0. The van der Waals surface area contributed by atoms with Crippen LogP contribution in [0.3, 0.4) is 0 Å². The smallest absolute Gasteiger partial charge is 0.233 e. The van der Waals surface area contributed by atoms with Crippen molar-refractivity contribution in [2.24, 2.45) is 0 Å². The summed E-state index contributed by atoms with van der Waals surface area (Å²) in [5, 5.41) is 9.69. The third kappa shape index (κ3) is 3.89. The van der Waals surface area contributed by atoms with Crippen LogP contribution in [0.1, 0.15) is 49.9 Å². The van der Waals surface area contributed by atoms with Gasteiger partial charge in [0, 0.05) is 18.5 Å². The van der Waals surface area contributed by atoms with Gasteiger partial charge >= 0.3 is 0 Å². The molecule has 0 radical (unpaired) electrons. The number of hydrogen-bond donors (Lipinski definition) is 0. The van der Waals surface area contributed by atoms with E-state index in [4.69, 9.17) is 0 Å². The molecule has 0 spiro atoms. The molecule has 2 aliphatic rings. The van der Waals surface area contributed by atoms with Crippen molar-refractivity contribution in [1.29, 1.82) is 0 Å². The average Bonchev–Trinajstić information content (AvgIpc) is 3.55. The van der Waals surface area contributed by atoms with Gasteiger partial charge in [-0.1, -0.05) is 42.1 Å². The molecule has 1 aromatic carbocycles. The number of aromatic nitrogens is 3. The van der Waals surface area contributed by atoms with Gasteiger partial charge in [-0.3, -0.25) is 4.79 Å². The van der Waals surface area contributed by atoms with Crippen LogP contribution in [-0.4, -0.2) is 43.9 Å². The van der Waals surface area contributed by atoms with Crippen LogP contribution in [0.2, 0.25) is 0 Å². The molecule has 132 valence electrons. The lowest BCUT2D eigenvalue weighted by molar-refractivity contribution is -0.128. The highest BCUT2D eigenvalue weighted by Gasteiger charge is 2.33. The molecule has 0 atom stereocenters. The molecule has 2 saturated carbocycles. The zero-order valence-corrected chi connectivity index (χ0v) is 15.4. The number of carbonyl (C=O) groups excluding carboxylic acids is 1. The highest BCUT2D eigenvalue weighted by atomic mass is 32.2. The average molecular weight is 356 g/mol. The van der Waals surface area contributed by atoms with E-state index in [2.05, 4.69) is 46.0 Å². The van der Waals surface area contributed by atoms with Gasteiger partial charge in [-0.15, -0.1) is 10.2 Å². The topological polar surface area (TPSA) is 51.0 Å². The van der Waals surface area contributed by atoms with Gasteiger partial charge in [0.25, 0.3) is 0 Å². The maximum absolute atomic E-state index is 12.5. The second-order valence-electron chi connectivity index (χ2n) is 6.89. The Morgan fingerprint density at radius 2 is 1.96 bits per heavy atom. The lowest BCUT2D eigenvalue weighted by atomic mass is 10.2. The molecule has 0 bridgehead atoms. The molecule has 0 unspecified atom stereocenters. The highest BCUT2D eigenvalue weighted by molar-refractivity contribution is 7.99. The van der Waals surface area contributed by atoms with Gasteiger partial charge in [-0.25, -0.2) is 0 Å². The van der Waals surface area contributed by atoms with Crippen molar-refractivity contribution < 1.29 is 4.79 Å². The zero-order chi connectivity index (χ0) is 17.2. The molecule has 2 aliphatic carbocycles. The molecule has 2 aromatic rings. The van der Waals surface area contributed by atoms with Gasteiger partial charge < -0.3 is 9.47 Å². The second-order valence-corrected chi connectivity index (χ2v) is 7.83. The van der Waals surface area contributed by atoms with Gasteiger partial charge in [-0.05, 0) is 38.2 Å². The summed E-state index contributed by atoms with van der Waals surface area (Å²) in [6.45, 7) is 3.63. The van der Waals surface area contributed by atoms with Gasteiger partial charge in [0.05, 0.1) is 12.3 Å². The molecule has 1 amide bonds. The second kappa shape index (κ2) is 7.20. The predicted octanol–water partition coefficient (Wildman–Crippen LogP) is 3.31. The van der Waals surface area contributed by atoms with Gasteiger partial charge in [0.2, 0.25) is 5.91 Å². The third-order valence-corrected chi connectivity index (χ3v) is 5.80. The Labute approximate surface area is 152 Å². The summed E-state index contributed by atoms with van der Waals surface area (Å²) in [5.74, 6) is 2.28. The van der Waals surface area contributed by atoms with Crippen LogP contribution in [0, 0.1) is 0 Å². The monoisotopic (exact) mass is 356 g/mol. The molecule has 6 heteroatoms. The van der Waals surface area contributed by atoms with E-state index in [1.54, 1.807) is 0 Å². The Hall–Kier alpha value is -1.82. The number of benzene rings is 1. The van der Waals surface area contributed by atoms with E-state index in [0.29, 0.717) is 17.7 Å². The lowest BCUT2D eigenvalue weighted by Crippen LogP contribution is -2.34. The van der Waals surface area contributed by atoms with E-state index in [0.717, 1.165) is 36.9 Å². The molecular weight excluding hydrogens is 332 g/mol. The molecule has 5 nitrogen and oxygen atoms in total. The molecule has 1 heterocycles. The van der Waals surface area contributed by atoms with E-state index >= 15 is 0 Å². The number of amides is 1. The Morgan fingerprint density at radius 1 is 1.20 bits per heavy atom. The van der Waals surface area contributed by atoms with Crippen molar-refractivity contribution in [2.75, 3.05) is 12.3 Å². The predicted molar refractivity (Wildman–Crippen MR) is 98.7 cm³/mol. The van der Waals surface area contributed by atoms with Crippen LogP contribution in [0.25, 0.3) is 0 Å². The van der Waals surface area contributed by atoms with E-state index in [1.807, 2.05) is 11.0 Å². The fourth-order valence-corrected chi connectivity index (χ4v) is 4.03. The standard InChI is InChI=1S/C19H24N4OS/c1-2-22(16-10-11-16)17(24)13-25-19-21-20-18(15-8-9-15)23(19)12-14-6-4-3-5-7-14/h3-7,15-16H,2,8-13H2,1H3. The Balaban J connectivity index is 1.48. The normalized spacial score (nSPS) is 16.8. The first kappa shape index (κ1) is 16.6. The van der Waals surface area contributed by atoms with E-state index in [-0.39, 0.29) is 5.91 Å². The Bertz CT molecular complexity index is 737. The summed E-state index contributed by atoms with van der Waals surface area (Å²) >= 11 is 1.53. The number of carbonyl (C=O) groups is 1. The van der Waals surface area contributed by atoms with Crippen molar-refractivity contribution >= 4 is 17.7 Å². The highest BCUT2D eigenvalue weighted by Crippen LogP contribution is 2.40. The van der Waals surface area contributed by atoms with Crippen LogP contribution in [-0.2, 0) is 11.3 Å². The van der Waals surface area contributed by atoms with Gasteiger partial charge in [0.1, 0.15) is 5.82 Å².